The molecular weight excluding hydrogens is 250 g/mol. The van der Waals surface area contributed by atoms with Crippen molar-refractivity contribution in [1.82, 2.24) is 9.88 Å². The normalized spacial score (nSPS) is 10.9. The van der Waals surface area contributed by atoms with Crippen molar-refractivity contribution >= 4 is 10.9 Å². The van der Waals surface area contributed by atoms with Gasteiger partial charge in [0.2, 0.25) is 0 Å². The number of rotatable bonds is 5. The van der Waals surface area contributed by atoms with Gasteiger partial charge >= 0.3 is 0 Å². The van der Waals surface area contributed by atoms with Gasteiger partial charge in [-0.15, -0.1) is 0 Å². The Balaban J connectivity index is 2.55. The number of benzene rings is 1. The maximum absolute atomic E-state index is 10.4. The molecule has 104 valence electrons. The van der Waals surface area contributed by atoms with E-state index in [-0.39, 0.29) is 5.75 Å². The van der Waals surface area contributed by atoms with Gasteiger partial charge in [0, 0.05) is 23.7 Å². The lowest BCUT2D eigenvalue weighted by Crippen LogP contribution is -2.22. The van der Waals surface area contributed by atoms with E-state index in [2.05, 4.69) is 29.8 Å². The van der Waals surface area contributed by atoms with E-state index in [1.54, 1.807) is 6.20 Å². The van der Waals surface area contributed by atoms with E-state index in [0.29, 0.717) is 18.5 Å². The predicted octanol–water partition coefficient (Wildman–Crippen LogP) is 2.85. The lowest BCUT2D eigenvalue weighted by molar-refractivity contribution is 0.291. The molecule has 0 radical (unpaired) electrons. The van der Waals surface area contributed by atoms with Gasteiger partial charge < -0.3 is 5.11 Å². The number of nitrogens with zero attached hydrogens (tertiary/aromatic N) is 3. The second-order valence-electron chi connectivity index (χ2n) is 4.74. The number of aromatic nitrogens is 1. The summed E-state index contributed by atoms with van der Waals surface area (Å²) in [5, 5.41) is 20.2. The number of pyridine rings is 1. The Bertz CT molecular complexity index is 642. The van der Waals surface area contributed by atoms with Gasteiger partial charge in [-0.1, -0.05) is 19.9 Å². The van der Waals surface area contributed by atoms with E-state index in [4.69, 9.17) is 5.26 Å². The van der Waals surface area contributed by atoms with Gasteiger partial charge in [-0.3, -0.25) is 9.88 Å². The maximum Gasteiger partial charge on any atom is 0.146 e. The zero-order valence-electron chi connectivity index (χ0n) is 11.9. The Hall–Kier alpha value is -2.12. The molecule has 0 saturated carbocycles. The van der Waals surface area contributed by atoms with E-state index in [1.165, 1.54) is 0 Å². The van der Waals surface area contributed by atoms with Crippen molar-refractivity contribution in [2.75, 3.05) is 13.1 Å². The zero-order chi connectivity index (χ0) is 14.5. The maximum atomic E-state index is 10.4. The van der Waals surface area contributed by atoms with Crippen LogP contribution in [-0.2, 0) is 13.0 Å². The summed E-state index contributed by atoms with van der Waals surface area (Å²) in [6.07, 6.45) is 1.99. The molecule has 2 aromatic rings. The average Bonchev–Trinajstić information content (AvgIpc) is 2.49. The average molecular weight is 269 g/mol. The second kappa shape index (κ2) is 6.36. The molecule has 4 heteroatoms. The summed E-state index contributed by atoms with van der Waals surface area (Å²) in [5.41, 5.74) is 2.35. The molecule has 0 amide bonds. The standard InChI is InChI=1S/C16H19N3O/c1-3-19(4-2)11-13-10-12(7-8-17)14-6-5-9-18-15(14)16(13)20/h5-6,9-10,20H,3-4,7,11H2,1-2H3. The summed E-state index contributed by atoms with van der Waals surface area (Å²) >= 11 is 0. The van der Waals surface area contributed by atoms with Gasteiger partial charge in [0.25, 0.3) is 0 Å². The molecule has 0 aliphatic rings. The van der Waals surface area contributed by atoms with Crippen LogP contribution in [0.3, 0.4) is 0 Å². The lowest BCUT2D eigenvalue weighted by Gasteiger charge is -2.20. The fourth-order valence-corrected chi connectivity index (χ4v) is 2.40. The molecule has 1 aromatic heterocycles. The topological polar surface area (TPSA) is 60.2 Å². The number of nitriles is 1. The third-order valence-corrected chi connectivity index (χ3v) is 3.59. The molecule has 0 aliphatic heterocycles. The van der Waals surface area contributed by atoms with Crippen LogP contribution in [0.2, 0.25) is 0 Å². The first-order chi connectivity index (χ1) is 9.71. The van der Waals surface area contributed by atoms with Crippen molar-refractivity contribution in [1.29, 1.82) is 5.26 Å². The van der Waals surface area contributed by atoms with Gasteiger partial charge in [0.1, 0.15) is 11.3 Å². The third-order valence-electron chi connectivity index (χ3n) is 3.59. The molecule has 0 atom stereocenters. The van der Waals surface area contributed by atoms with Crippen LogP contribution >= 0.6 is 0 Å². The Morgan fingerprint density at radius 1 is 1.30 bits per heavy atom. The van der Waals surface area contributed by atoms with Crippen LogP contribution in [-0.4, -0.2) is 28.1 Å². The minimum atomic E-state index is 0.231. The minimum absolute atomic E-state index is 0.231. The molecule has 1 N–H and O–H groups in total. The van der Waals surface area contributed by atoms with Gasteiger partial charge in [-0.2, -0.15) is 5.26 Å². The van der Waals surface area contributed by atoms with Crippen LogP contribution in [0.5, 0.6) is 5.75 Å². The Morgan fingerprint density at radius 3 is 2.70 bits per heavy atom. The van der Waals surface area contributed by atoms with Gasteiger partial charge in [0.05, 0.1) is 12.5 Å². The summed E-state index contributed by atoms with van der Waals surface area (Å²) in [6, 6.07) is 7.84. The molecule has 20 heavy (non-hydrogen) atoms. The van der Waals surface area contributed by atoms with E-state index in [9.17, 15) is 5.11 Å². The van der Waals surface area contributed by atoms with Crippen molar-refractivity contribution < 1.29 is 5.11 Å². The highest BCUT2D eigenvalue weighted by Gasteiger charge is 2.13. The second-order valence-corrected chi connectivity index (χ2v) is 4.74. The molecule has 0 fully saturated rings. The molecule has 4 nitrogen and oxygen atoms in total. The highest BCUT2D eigenvalue weighted by atomic mass is 16.3. The number of fused-ring (bicyclic) bond motifs is 1. The quantitative estimate of drug-likeness (QED) is 0.906. The number of hydrogen-bond acceptors (Lipinski definition) is 4. The summed E-state index contributed by atoms with van der Waals surface area (Å²) in [7, 11) is 0. The first-order valence-corrected chi connectivity index (χ1v) is 6.89. The smallest absolute Gasteiger partial charge is 0.146 e. The van der Waals surface area contributed by atoms with Crippen LogP contribution in [0.25, 0.3) is 10.9 Å². The SMILES string of the molecule is CCN(CC)Cc1cc(CC#N)c2cccnc2c1O. The molecule has 0 unspecified atom stereocenters. The van der Waals surface area contributed by atoms with Crippen molar-refractivity contribution in [2.24, 2.45) is 0 Å². The molecule has 1 aromatic carbocycles. The summed E-state index contributed by atoms with van der Waals surface area (Å²) in [6.45, 7) is 6.70. The van der Waals surface area contributed by atoms with Gasteiger partial charge in [0.15, 0.2) is 0 Å². The first kappa shape index (κ1) is 14.3. The predicted molar refractivity (Wildman–Crippen MR) is 79.3 cm³/mol. The van der Waals surface area contributed by atoms with Crippen LogP contribution < -0.4 is 0 Å². The van der Waals surface area contributed by atoms with Crippen LogP contribution in [0, 0.1) is 11.3 Å². The number of aromatic hydroxyl groups is 1. The van der Waals surface area contributed by atoms with Crippen molar-refractivity contribution in [2.45, 2.75) is 26.8 Å². The summed E-state index contributed by atoms with van der Waals surface area (Å²) < 4.78 is 0. The fraction of sp³-hybridized carbons (Fsp3) is 0.375. The number of phenols is 1. The van der Waals surface area contributed by atoms with E-state index in [0.717, 1.165) is 29.6 Å². The van der Waals surface area contributed by atoms with Crippen LogP contribution in [0.4, 0.5) is 0 Å². The summed E-state index contributed by atoms with van der Waals surface area (Å²) in [5.74, 6) is 0.231. The molecule has 2 rings (SSSR count). The zero-order valence-corrected chi connectivity index (χ0v) is 11.9. The van der Waals surface area contributed by atoms with Crippen molar-refractivity contribution in [3.8, 4) is 11.8 Å². The lowest BCUT2D eigenvalue weighted by atomic mass is 10.0. The fourth-order valence-electron chi connectivity index (χ4n) is 2.40. The largest absolute Gasteiger partial charge is 0.505 e. The molecule has 0 bridgehead atoms. The van der Waals surface area contributed by atoms with E-state index in [1.807, 2.05) is 18.2 Å². The Labute approximate surface area is 119 Å². The number of hydrogen-bond donors (Lipinski definition) is 1. The molecule has 0 aliphatic carbocycles. The molecule has 0 saturated heterocycles. The Kier molecular flexibility index (Phi) is 4.54. The van der Waals surface area contributed by atoms with Crippen LogP contribution in [0.1, 0.15) is 25.0 Å². The highest BCUT2D eigenvalue weighted by Crippen LogP contribution is 2.31. The third kappa shape index (κ3) is 2.73. The van der Waals surface area contributed by atoms with Gasteiger partial charge in [-0.25, -0.2) is 0 Å². The van der Waals surface area contributed by atoms with Crippen LogP contribution in [0.15, 0.2) is 24.4 Å². The molecule has 0 spiro atoms. The highest BCUT2D eigenvalue weighted by molar-refractivity contribution is 5.88. The van der Waals surface area contributed by atoms with Crippen molar-refractivity contribution in [3.05, 3.63) is 35.5 Å². The monoisotopic (exact) mass is 269 g/mol. The molecular formula is C16H19N3O. The Morgan fingerprint density at radius 2 is 2.05 bits per heavy atom. The number of phenolic OH excluding ortho intramolecular Hbond substituents is 1. The van der Waals surface area contributed by atoms with E-state index >= 15 is 0 Å². The van der Waals surface area contributed by atoms with Gasteiger partial charge in [-0.05, 0) is 30.8 Å². The van der Waals surface area contributed by atoms with E-state index < -0.39 is 0 Å². The first-order valence-electron chi connectivity index (χ1n) is 6.89. The van der Waals surface area contributed by atoms with Crippen molar-refractivity contribution in [3.63, 3.8) is 0 Å². The molecule has 1 heterocycles. The minimum Gasteiger partial charge on any atom is -0.505 e. The summed E-state index contributed by atoms with van der Waals surface area (Å²) in [4.78, 5) is 6.49.